The van der Waals surface area contributed by atoms with Crippen molar-refractivity contribution in [1.29, 1.82) is 0 Å². The molecule has 4 nitrogen and oxygen atoms in total. The zero-order valence-corrected chi connectivity index (χ0v) is 13.3. The topological polar surface area (TPSA) is 68.0 Å². The molecule has 0 radical (unpaired) electrons. The largest absolute Gasteiger partial charge is 0.352 e. The van der Waals surface area contributed by atoms with Crippen molar-refractivity contribution in [3.63, 3.8) is 0 Å². The first-order valence-corrected chi connectivity index (χ1v) is 7.69. The Hall–Kier alpha value is -1.13. The molecule has 0 bridgehead atoms. The van der Waals surface area contributed by atoms with E-state index in [1.54, 1.807) is 6.20 Å². The van der Waals surface area contributed by atoms with Crippen molar-refractivity contribution < 1.29 is 4.79 Å². The first-order chi connectivity index (χ1) is 9.79. The predicted octanol–water partition coefficient (Wildman–Crippen LogP) is 2.46. The van der Waals surface area contributed by atoms with Gasteiger partial charge in [-0.05, 0) is 37.3 Å². The van der Waals surface area contributed by atoms with Crippen LogP contribution in [-0.2, 0) is 11.2 Å². The van der Waals surface area contributed by atoms with E-state index in [0.29, 0.717) is 25.3 Å². The Kier molecular flexibility index (Phi) is 8.31. The molecule has 1 fully saturated rings. The number of aryl methyl sites for hydroxylation is 1. The normalized spacial score (nSPS) is 16.8. The van der Waals surface area contributed by atoms with Gasteiger partial charge in [-0.3, -0.25) is 9.78 Å². The molecule has 21 heavy (non-hydrogen) atoms. The first-order valence-electron chi connectivity index (χ1n) is 7.69. The van der Waals surface area contributed by atoms with Gasteiger partial charge in [0.1, 0.15) is 0 Å². The Morgan fingerprint density at radius 2 is 2.10 bits per heavy atom. The zero-order chi connectivity index (χ0) is 14.2. The Labute approximate surface area is 133 Å². The summed E-state index contributed by atoms with van der Waals surface area (Å²) >= 11 is 0. The van der Waals surface area contributed by atoms with Crippen LogP contribution in [0.15, 0.2) is 24.4 Å². The maximum Gasteiger partial charge on any atom is 0.220 e. The summed E-state index contributed by atoms with van der Waals surface area (Å²) < 4.78 is 0. The highest BCUT2D eigenvalue weighted by atomic mass is 35.5. The van der Waals surface area contributed by atoms with Gasteiger partial charge < -0.3 is 11.1 Å². The number of hydrogen-bond acceptors (Lipinski definition) is 3. The van der Waals surface area contributed by atoms with Crippen LogP contribution in [0.2, 0.25) is 0 Å². The van der Waals surface area contributed by atoms with Crippen LogP contribution in [0.3, 0.4) is 0 Å². The van der Waals surface area contributed by atoms with Gasteiger partial charge in [-0.15, -0.1) is 12.4 Å². The maximum absolute atomic E-state index is 12.0. The fourth-order valence-electron chi connectivity index (χ4n) is 2.97. The Morgan fingerprint density at radius 3 is 2.71 bits per heavy atom. The molecule has 1 aromatic heterocycles. The van der Waals surface area contributed by atoms with Gasteiger partial charge in [0, 0.05) is 30.9 Å². The smallest absolute Gasteiger partial charge is 0.220 e. The fraction of sp³-hybridized carbons (Fsp3) is 0.625. The van der Waals surface area contributed by atoms with Gasteiger partial charge in [0.25, 0.3) is 0 Å². The Morgan fingerprint density at radius 1 is 1.33 bits per heavy atom. The van der Waals surface area contributed by atoms with E-state index in [4.69, 9.17) is 5.73 Å². The van der Waals surface area contributed by atoms with Crippen LogP contribution >= 0.6 is 12.4 Å². The molecule has 0 aromatic carbocycles. The van der Waals surface area contributed by atoms with E-state index >= 15 is 0 Å². The van der Waals surface area contributed by atoms with Gasteiger partial charge in [-0.25, -0.2) is 0 Å². The summed E-state index contributed by atoms with van der Waals surface area (Å²) in [5, 5.41) is 3.11. The monoisotopic (exact) mass is 311 g/mol. The molecule has 1 aliphatic rings. The minimum atomic E-state index is 0. The molecule has 0 spiro atoms. The quantitative estimate of drug-likeness (QED) is 0.848. The highest BCUT2D eigenvalue weighted by Gasteiger charge is 2.23. The molecule has 118 valence electrons. The second-order valence-electron chi connectivity index (χ2n) is 5.63. The third-order valence-corrected chi connectivity index (χ3v) is 4.15. The number of carbonyl (C=O) groups is 1. The number of amides is 1. The number of rotatable bonds is 6. The van der Waals surface area contributed by atoms with Gasteiger partial charge >= 0.3 is 0 Å². The van der Waals surface area contributed by atoms with E-state index in [2.05, 4.69) is 10.3 Å². The summed E-state index contributed by atoms with van der Waals surface area (Å²) in [4.78, 5) is 16.3. The Balaban J connectivity index is 0.00000220. The SMILES string of the molecule is Cl.NCC(NC(=O)CCc1ccccn1)C1CCCCC1. The lowest BCUT2D eigenvalue weighted by atomic mass is 9.84. The van der Waals surface area contributed by atoms with E-state index in [1.165, 1.54) is 32.1 Å². The average Bonchev–Trinajstić information content (AvgIpc) is 2.52. The maximum atomic E-state index is 12.0. The molecule has 1 aliphatic carbocycles. The number of nitrogens with one attached hydrogen (secondary N) is 1. The number of halogens is 1. The van der Waals surface area contributed by atoms with Crippen molar-refractivity contribution in [3.05, 3.63) is 30.1 Å². The average molecular weight is 312 g/mol. The van der Waals surface area contributed by atoms with Crippen LogP contribution in [0.5, 0.6) is 0 Å². The number of nitrogens with zero attached hydrogens (tertiary/aromatic N) is 1. The van der Waals surface area contributed by atoms with Gasteiger partial charge in [0.2, 0.25) is 5.91 Å². The molecular formula is C16H26ClN3O. The minimum Gasteiger partial charge on any atom is -0.352 e. The molecule has 1 aromatic rings. The van der Waals surface area contributed by atoms with Crippen LogP contribution in [0.4, 0.5) is 0 Å². The summed E-state index contributed by atoms with van der Waals surface area (Å²) in [5.74, 6) is 0.657. The molecule has 1 amide bonds. The lowest BCUT2D eigenvalue weighted by Crippen LogP contribution is -2.46. The number of pyridine rings is 1. The van der Waals surface area contributed by atoms with Crippen LogP contribution in [0.25, 0.3) is 0 Å². The molecular weight excluding hydrogens is 286 g/mol. The molecule has 2 rings (SSSR count). The van der Waals surface area contributed by atoms with E-state index < -0.39 is 0 Å². The predicted molar refractivity (Wildman–Crippen MR) is 87.4 cm³/mol. The zero-order valence-electron chi connectivity index (χ0n) is 12.5. The van der Waals surface area contributed by atoms with Crippen LogP contribution < -0.4 is 11.1 Å². The number of nitrogens with two attached hydrogens (primary N) is 1. The second-order valence-corrected chi connectivity index (χ2v) is 5.63. The summed E-state index contributed by atoms with van der Waals surface area (Å²) in [5.41, 5.74) is 6.79. The molecule has 1 atom stereocenters. The number of hydrogen-bond donors (Lipinski definition) is 2. The van der Waals surface area contributed by atoms with Crippen LogP contribution in [0, 0.1) is 5.92 Å². The van der Waals surface area contributed by atoms with Crippen molar-refractivity contribution >= 4 is 18.3 Å². The summed E-state index contributed by atoms with van der Waals surface area (Å²) in [7, 11) is 0. The molecule has 5 heteroatoms. The molecule has 1 saturated carbocycles. The van der Waals surface area contributed by atoms with Crippen molar-refractivity contribution in [1.82, 2.24) is 10.3 Å². The molecule has 1 unspecified atom stereocenters. The molecule has 0 saturated heterocycles. The highest BCUT2D eigenvalue weighted by Crippen LogP contribution is 2.26. The lowest BCUT2D eigenvalue weighted by molar-refractivity contribution is -0.122. The van der Waals surface area contributed by atoms with Crippen molar-refractivity contribution in [2.45, 2.75) is 51.0 Å². The van der Waals surface area contributed by atoms with Crippen LogP contribution in [0.1, 0.15) is 44.2 Å². The van der Waals surface area contributed by atoms with E-state index in [0.717, 1.165) is 5.69 Å². The standard InChI is InChI=1S/C16H25N3O.ClH/c17-12-15(13-6-2-1-3-7-13)19-16(20)10-9-14-8-4-5-11-18-14;/h4-5,8,11,13,15H,1-3,6-7,9-10,12,17H2,(H,19,20);1H. The van der Waals surface area contributed by atoms with E-state index in [1.807, 2.05) is 18.2 Å². The third-order valence-electron chi connectivity index (χ3n) is 4.15. The number of aromatic nitrogens is 1. The lowest BCUT2D eigenvalue weighted by Gasteiger charge is -2.30. The molecule has 0 aliphatic heterocycles. The van der Waals surface area contributed by atoms with Crippen molar-refractivity contribution in [2.24, 2.45) is 11.7 Å². The van der Waals surface area contributed by atoms with Crippen molar-refractivity contribution in [3.8, 4) is 0 Å². The second kappa shape index (κ2) is 9.74. The first kappa shape index (κ1) is 17.9. The summed E-state index contributed by atoms with van der Waals surface area (Å²) in [6, 6.07) is 5.93. The van der Waals surface area contributed by atoms with Gasteiger partial charge in [0.05, 0.1) is 0 Å². The fourth-order valence-corrected chi connectivity index (χ4v) is 2.97. The molecule has 1 heterocycles. The molecule has 3 N–H and O–H groups in total. The van der Waals surface area contributed by atoms with Crippen molar-refractivity contribution in [2.75, 3.05) is 6.54 Å². The van der Waals surface area contributed by atoms with E-state index in [-0.39, 0.29) is 24.4 Å². The van der Waals surface area contributed by atoms with Crippen LogP contribution in [-0.4, -0.2) is 23.5 Å². The highest BCUT2D eigenvalue weighted by molar-refractivity contribution is 5.85. The van der Waals surface area contributed by atoms with Gasteiger partial charge in [0.15, 0.2) is 0 Å². The van der Waals surface area contributed by atoms with Gasteiger partial charge in [-0.1, -0.05) is 25.3 Å². The summed E-state index contributed by atoms with van der Waals surface area (Å²) in [6.07, 6.45) is 9.19. The Bertz CT molecular complexity index is 407. The number of carbonyl (C=O) groups excluding carboxylic acids is 1. The third kappa shape index (κ3) is 6.02. The minimum absolute atomic E-state index is 0. The van der Waals surface area contributed by atoms with Gasteiger partial charge in [-0.2, -0.15) is 0 Å². The summed E-state index contributed by atoms with van der Waals surface area (Å²) in [6.45, 7) is 0.542. The van der Waals surface area contributed by atoms with E-state index in [9.17, 15) is 4.79 Å².